The van der Waals surface area contributed by atoms with Crippen molar-refractivity contribution < 1.29 is 28.6 Å². The van der Waals surface area contributed by atoms with Crippen LogP contribution in [-0.4, -0.2) is 43.2 Å². The number of hydrogen-bond donors (Lipinski definition) is 2. The van der Waals surface area contributed by atoms with Gasteiger partial charge in [-0.25, -0.2) is 4.79 Å². The zero-order chi connectivity index (χ0) is 21.7. The molecule has 1 fully saturated rings. The van der Waals surface area contributed by atoms with E-state index in [-0.39, 0.29) is 6.61 Å². The molecule has 0 saturated carbocycles. The summed E-state index contributed by atoms with van der Waals surface area (Å²) < 4.78 is 15.9. The highest BCUT2D eigenvalue weighted by atomic mass is 16.5. The summed E-state index contributed by atoms with van der Waals surface area (Å²) in [5.74, 6) is 0.414. The number of urea groups is 1. The standard InChI is InChI=1S/C21H23N3O6/c1-4-29-15-8-10-16(11-9-15)30-13-18(25)23-24-19(26)21(2,22-20(24)27)14-6-5-7-17(12-14)28-3/h5-12H,4,13H2,1-3H3,(H,22,27)(H,23,25)/t21-/m1/s1. The van der Waals surface area contributed by atoms with E-state index in [1.54, 1.807) is 55.5 Å². The van der Waals surface area contributed by atoms with Gasteiger partial charge in [-0.3, -0.25) is 15.0 Å². The third-order valence-electron chi connectivity index (χ3n) is 4.58. The highest BCUT2D eigenvalue weighted by Crippen LogP contribution is 2.30. The molecule has 158 valence electrons. The Kier molecular flexibility index (Phi) is 6.10. The number of nitrogens with zero attached hydrogens (tertiary/aromatic N) is 1. The number of hydrazine groups is 1. The van der Waals surface area contributed by atoms with Gasteiger partial charge in [0.25, 0.3) is 11.8 Å². The van der Waals surface area contributed by atoms with Crippen molar-refractivity contribution in [2.75, 3.05) is 20.3 Å². The van der Waals surface area contributed by atoms with Gasteiger partial charge in [0.15, 0.2) is 6.61 Å². The number of methoxy groups -OCH3 is 1. The van der Waals surface area contributed by atoms with E-state index in [0.29, 0.717) is 34.4 Å². The molecule has 1 saturated heterocycles. The molecule has 3 rings (SSSR count). The fraction of sp³-hybridized carbons (Fsp3) is 0.286. The molecular formula is C21H23N3O6. The summed E-state index contributed by atoms with van der Waals surface area (Å²) in [6.07, 6.45) is 0. The minimum Gasteiger partial charge on any atom is -0.497 e. The first-order valence-corrected chi connectivity index (χ1v) is 9.33. The topological polar surface area (TPSA) is 106 Å². The normalized spacial score (nSPS) is 18.0. The van der Waals surface area contributed by atoms with Crippen LogP contribution in [-0.2, 0) is 15.1 Å². The molecule has 0 unspecified atom stereocenters. The lowest BCUT2D eigenvalue weighted by Gasteiger charge is -2.22. The Labute approximate surface area is 173 Å². The number of rotatable bonds is 8. The van der Waals surface area contributed by atoms with Crippen molar-refractivity contribution >= 4 is 17.8 Å². The molecule has 0 spiro atoms. The number of imide groups is 1. The molecule has 1 aliphatic rings. The zero-order valence-electron chi connectivity index (χ0n) is 16.9. The summed E-state index contributed by atoms with van der Waals surface area (Å²) in [5, 5.41) is 3.26. The minimum atomic E-state index is -1.34. The fourth-order valence-electron chi connectivity index (χ4n) is 2.97. The van der Waals surface area contributed by atoms with Gasteiger partial charge >= 0.3 is 6.03 Å². The smallest absolute Gasteiger partial charge is 0.344 e. The van der Waals surface area contributed by atoms with Crippen molar-refractivity contribution in [3.8, 4) is 17.2 Å². The van der Waals surface area contributed by atoms with Gasteiger partial charge in [-0.2, -0.15) is 5.01 Å². The van der Waals surface area contributed by atoms with E-state index in [2.05, 4.69) is 10.7 Å². The van der Waals surface area contributed by atoms with Gasteiger partial charge in [-0.1, -0.05) is 12.1 Å². The molecule has 2 N–H and O–H groups in total. The van der Waals surface area contributed by atoms with Crippen LogP contribution in [0.2, 0.25) is 0 Å². The molecule has 1 aliphatic heterocycles. The lowest BCUT2D eigenvalue weighted by Crippen LogP contribution is -2.49. The average Bonchev–Trinajstić information content (AvgIpc) is 2.97. The van der Waals surface area contributed by atoms with Crippen LogP contribution in [0.1, 0.15) is 19.4 Å². The molecule has 0 aromatic heterocycles. The highest BCUT2D eigenvalue weighted by Gasteiger charge is 2.50. The molecule has 0 aliphatic carbocycles. The minimum absolute atomic E-state index is 0.374. The summed E-state index contributed by atoms with van der Waals surface area (Å²) in [6, 6.07) is 12.8. The van der Waals surface area contributed by atoms with Crippen LogP contribution in [0.25, 0.3) is 0 Å². The molecule has 30 heavy (non-hydrogen) atoms. The van der Waals surface area contributed by atoms with Crippen molar-refractivity contribution in [3.63, 3.8) is 0 Å². The fourth-order valence-corrected chi connectivity index (χ4v) is 2.97. The molecule has 9 heteroatoms. The van der Waals surface area contributed by atoms with E-state index in [1.807, 2.05) is 6.92 Å². The van der Waals surface area contributed by atoms with Crippen molar-refractivity contribution in [3.05, 3.63) is 54.1 Å². The molecule has 1 heterocycles. The van der Waals surface area contributed by atoms with Crippen LogP contribution in [0.3, 0.4) is 0 Å². The summed E-state index contributed by atoms with van der Waals surface area (Å²) in [7, 11) is 1.51. The van der Waals surface area contributed by atoms with Gasteiger partial charge in [-0.15, -0.1) is 0 Å². The summed E-state index contributed by atoms with van der Waals surface area (Å²) in [4.78, 5) is 37.4. The summed E-state index contributed by atoms with van der Waals surface area (Å²) >= 11 is 0. The van der Waals surface area contributed by atoms with E-state index < -0.39 is 23.4 Å². The zero-order valence-corrected chi connectivity index (χ0v) is 16.9. The van der Waals surface area contributed by atoms with Crippen LogP contribution < -0.4 is 25.0 Å². The third kappa shape index (κ3) is 4.29. The Bertz CT molecular complexity index is 946. The number of nitrogens with one attached hydrogen (secondary N) is 2. The molecular weight excluding hydrogens is 390 g/mol. The van der Waals surface area contributed by atoms with Crippen molar-refractivity contribution in [1.29, 1.82) is 0 Å². The monoisotopic (exact) mass is 413 g/mol. The highest BCUT2D eigenvalue weighted by molar-refractivity contribution is 6.08. The molecule has 2 aromatic rings. The van der Waals surface area contributed by atoms with Crippen LogP contribution >= 0.6 is 0 Å². The molecule has 0 bridgehead atoms. The molecule has 9 nitrogen and oxygen atoms in total. The average molecular weight is 413 g/mol. The van der Waals surface area contributed by atoms with Crippen LogP contribution in [0.4, 0.5) is 4.79 Å². The predicted molar refractivity (Wildman–Crippen MR) is 107 cm³/mol. The predicted octanol–water partition coefficient (Wildman–Crippen LogP) is 1.97. The first-order valence-electron chi connectivity index (χ1n) is 9.33. The van der Waals surface area contributed by atoms with Crippen molar-refractivity contribution in [1.82, 2.24) is 15.8 Å². The van der Waals surface area contributed by atoms with Gasteiger partial charge < -0.3 is 19.5 Å². The van der Waals surface area contributed by atoms with Crippen LogP contribution in [0.5, 0.6) is 17.2 Å². The second kappa shape index (κ2) is 8.73. The first kappa shape index (κ1) is 21.0. The third-order valence-corrected chi connectivity index (χ3v) is 4.58. The van der Waals surface area contributed by atoms with Gasteiger partial charge in [0.2, 0.25) is 0 Å². The van der Waals surface area contributed by atoms with Crippen molar-refractivity contribution in [2.24, 2.45) is 0 Å². The largest absolute Gasteiger partial charge is 0.497 e. The van der Waals surface area contributed by atoms with E-state index in [4.69, 9.17) is 14.2 Å². The van der Waals surface area contributed by atoms with E-state index >= 15 is 0 Å². The summed E-state index contributed by atoms with van der Waals surface area (Å²) in [6.45, 7) is 3.61. The van der Waals surface area contributed by atoms with Gasteiger partial charge in [0.05, 0.1) is 13.7 Å². The Morgan fingerprint density at radius 3 is 2.37 bits per heavy atom. The van der Waals surface area contributed by atoms with Gasteiger partial charge in [0.1, 0.15) is 22.8 Å². The Morgan fingerprint density at radius 2 is 1.73 bits per heavy atom. The SMILES string of the molecule is CCOc1ccc(OCC(=O)NN2C(=O)N[C@](C)(c3cccc(OC)c3)C2=O)cc1. The van der Waals surface area contributed by atoms with E-state index in [0.717, 1.165) is 0 Å². The maximum absolute atomic E-state index is 12.9. The maximum atomic E-state index is 12.9. The summed E-state index contributed by atoms with van der Waals surface area (Å²) in [5.41, 5.74) is 1.48. The first-order chi connectivity index (χ1) is 14.4. The van der Waals surface area contributed by atoms with Gasteiger partial charge in [0, 0.05) is 0 Å². The number of ether oxygens (including phenoxy) is 3. The number of amides is 4. The van der Waals surface area contributed by atoms with Crippen LogP contribution in [0.15, 0.2) is 48.5 Å². The van der Waals surface area contributed by atoms with E-state index in [9.17, 15) is 14.4 Å². The molecule has 2 aromatic carbocycles. The molecule has 0 radical (unpaired) electrons. The lowest BCUT2D eigenvalue weighted by atomic mass is 9.92. The Balaban J connectivity index is 1.62. The molecule has 1 atom stereocenters. The number of carbonyl (C=O) groups excluding carboxylic acids is 3. The second-order valence-corrected chi connectivity index (χ2v) is 6.66. The molecule has 4 amide bonds. The van der Waals surface area contributed by atoms with Crippen molar-refractivity contribution in [2.45, 2.75) is 19.4 Å². The number of benzene rings is 2. The lowest BCUT2D eigenvalue weighted by molar-refractivity contribution is -0.139. The van der Waals surface area contributed by atoms with E-state index in [1.165, 1.54) is 7.11 Å². The van der Waals surface area contributed by atoms with Gasteiger partial charge in [-0.05, 0) is 55.8 Å². The maximum Gasteiger partial charge on any atom is 0.344 e. The number of carbonyl (C=O) groups is 3. The Morgan fingerprint density at radius 1 is 1.07 bits per heavy atom. The quantitative estimate of drug-likeness (QED) is 0.641. The number of hydrogen-bond acceptors (Lipinski definition) is 6. The second-order valence-electron chi connectivity index (χ2n) is 6.66. The Hall–Kier alpha value is -3.75. The van der Waals surface area contributed by atoms with Crippen LogP contribution in [0, 0.1) is 0 Å².